The van der Waals surface area contributed by atoms with Crippen LogP contribution in [0, 0.1) is 5.92 Å². The maximum absolute atomic E-state index is 5.93. The Morgan fingerprint density at radius 2 is 1.80 bits per heavy atom. The Morgan fingerprint density at radius 1 is 1.15 bits per heavy atom. The van der Waals surface area contributed by atoms with Gasteiger partial charge >= 0.3 is 0 Å². The summed E-state index contributed by atoms with van der Waals surface area (Å²) in [4.78, 5) is 0. The summed E-state index contributed by atoms with van der Waals surface area (Å²) in [6.45, 7) is 12.7. The van der Waals surface area contributed by atoms with Crippen molar-refractivity contribution in [3.05, 3.63) is 29.3 Å². The van der Waals surface area contributed by atoms with Crippen LogP contribution in [0.4, 0.5) is 0 Å². The van der Waals surface area contributed by atoms with Gasteiger partial charge in [-0.3, -0.25) is 0 Å². The number of hydrogen-bond donors (Lipinski definition) is 0. The predicted octanol–water partition coefficient (Wildman–Crippen LogP) is 4.06. The van der Waals surface area contributed by atoms with Gasteiger partial charge in [0, 0.05) is 5.56 Å². The fraction of sp³-hybridized carbons (Fsp3) is 0.647. The molecule has 0 amide bonds. The van der Waals surface area contributed by atoms with E-state index < -0.39 is 5.79 Å². The standard InChI is InChI=1S/C17H26O3/c1-12(2)11-18-16-7-6-14(10-15(16)13(3)4)17(5)19-8-9-20-17/h6-7,10,12-13H,8-9,11H2,1-5H3. The molecule has 0 bridgehead atoms. The highest BCUT2D eigenvalue weighted by molar-refractivity contribution is 5.40. The summed E-state index contributed by atoms with van der Waals surface area (Å²) in [5.41, 5.74) is 2.28. The second-order valence-electron chi connectivity index (χ2n) is 6.25. The second-order valence-corrected chi connectivity index (χ2v) is 6.25. The smallest absolute Gasteiger partial charge is 0.192 e. The molecular weight excluding hydrogens is 252 g/mol. The molecule has 1 aliphatic heterocycles. The zero-order valence-electron chi connectivity index (χ0n) is 13.2. The third kappa shape index (κ3) is 3.33. The molecule has 0 aromatic heterocycles. The van der Waals surface area contributed by atoms with Crippen LogP contribution in [0.25, 0.3) is 0 Å². The van der Waals surface area contributed by atoms with Gasteiger partial charge in [0.15, 0.2) is 5.79 Å². The lowest BCUT2D eigenvalue weighted by molar-refractivity contribution is -0.149. The largest absolute Gasteiger partial charge is 0.493 e. The SMILES string of the molecule is CC(C)COc1ccc(C2(C)OCCO2)cc1C(C)C. The molecule has 0 unspecified atom stereocenters. The Labute approximate surface area is 122 Å². The average molecular weight is 278 g/mol. The van der Waals surface area contributed by atoms with Gasteiger partial charge in [-0.2, -0.15) is 0 Å². The summed E-state index contributed by atoms with van der Waals surface area (Å²) in [6, 6.07) is 6.25. The first-order valence-corrected chi connectivity index (χ1v) is 7.47. The van der Waals surface area contributed by atoms with E-state index in [-0.39, 0.29) is 0 Å². The number of rotatable bonds is 5. The Kier molecular flexibility index (Phi) is 4.71. The minimum absolute atomic E-state index is 0.405. The van der Waals surface area contributed by atoms with Gasteiger partial charge in [-0.1, -0.05) is 27.7 Å². The summed E-state index contributed by atoms with van der Waals surface area (Å²) in [6.07, 6.45) is 0. The first-order chi connectivity index (χ1) is 9.42. The van der Waals surface area contributed by atoms with Crippen LogP contribution in [0.15, 0.2) is 18.2 Å². The maximum atomic E-state index is 5.93. The van der Waals surface area contributed by atoms with Crippen LogP contribution < -0.4 is 4.74 Å². The predicted molar refractivity (Wildman–Crippen MR) is 80.1 cm³/mol. The van der Waals surface area contributed by atoms with Crippen molar-refractivity contribution in [2.45, 2.75) is 46.3 Å². The van der Waals surface area contributed by atoms with E-state index >= 15 is 0 Å². The lowest BCUT2D eigenvalue weighted by Crippen LogP contribution is -2.22. The fourth-order valence-corrected chi connectivity index (χ4v) is 2.35. The number of hydrogen-bond acceptors (Lipinski definition) is 3. The Morgan fingerprint density at radius 3 is 2.35 bits per heavy atom. The highest BCUT2D eigenvalue weighted by Gasteiger charge is 2.33. The third-order valence-electron chi connectivity index (χ3n) is 3.57. The van der Waals surface area contributed by atoms with Gasteiger partial charge in [-0.25, -0.2) is 0 Å². The van der Waals surface area contributed by atoms with Crippen molar-refractivity contribution in [1.82, 2.24) is 0 Å². The quantitative estimate of drug-likeness (QED) is 0.812. The summed E-state index contributed by atoms with van der Waals surface area (Å²) < 4.78 is 17.4. The van der Waals surface area contributed by atoms with E-state index in [1.807, 2.05) is 19.1 Å². The summed E-state index contributed by atoms with van der Waals surface area (Å²) in [7, 11) is 0. The minimum Gasteiger partial charge on any atom is -0.493 e. The van der Waals surface area contributed by atoms with Crippen LogP contribution in [0.5, 0.6) is 5.75 Å². The van der Waals surface area contributed by atoms with E-state index in [4.69, 9.17) is 14.2 Å². The van der Waals surface area contributed by atoms with E-state index in [9.17, 15) is 0 Å². The molecule has 0 radical (unpaired) electrons. The van der Waals surface area contributed by atoms with Crippen molar-refractivity contribution < 1.29 is 14.2 Å². The van der Waals surface area contributed by atoms with E-state index in [1.165, 1.54) is 5.56 Å². The third-order valence-corrected chi connectivity index (χ3v) is 3.57. The van der Waals surface area contributed by atoms with Crippen molar-refractivity contribution in [2.24, 2.45) is 5.92 Å². The molecule has 3 heteroatoms. The average Bonchev–Trinajstić information content (AvgIpc) is 2.84. The van der Waals surface area contributed by atoms with Crippen LogP contribution in [0.1, 0.15) is 51.7 Å². The van der Waals surface area contributed by atoms with E-state index in [2.05, 4.69) is 33.8 Å². The molecule has 0 N–H and O–H groups in total. The van der Waals surface area contributed by atoms with Gasteiger partial charge in [-0.15, -0.1) is 0 Å². The molecule has 0 spiro atoms. The molecule has 20 heavy (non-hydrogen) atoms. The summed E-state index contributed by atoms with van der Waals surface area (Å²) >= 11 is 0. The maximum Gasteiger partial charge on any atom is 0.192 e. The van der Waals surface area contributed by atoms with E-state index in [0.717, 1.165) is 17.9 Å². The Hall–Kier alpha value is -1.06. The molecule has 2 rings (SSSR count). The normalized spacial score (nSPS) is 17.9. The minimum atomic E-state index is -0.611. The van der Waals surface area contributed by atoms with Crippen molar-refractivity contribution in [1.29, 1.82) is 0 Å². The molecular formula is C17H26O3. The number of benzene rings is 1. The molecule has 0 atom stereocenters. The first kappa shape index (κ1) is 15.3. The molecule has 1 aromatic carbocycles. The van der Waals surface area contributed by atoms with Gasteiger partial charge in [0.25, 0.3) is 0 Å². The van der Waals surface area contributed by atoms with Crippen LogP contribution in [-0.4, -0.2) is 19.8 Å². The van der Waals surface area contributed by atoms with Crippen molar-refractivity contribution >= 4 is 0 Å². The first-order valence-electron chi connectivity index (χ1n) is 7.47. The molecule has 1 aliphatic rings. The van der Waals surface area contributed by atoms with Crippen LogP contribution in [0.3, 0.4) is 0 Å². The van der Waals surface area contributed by atoms with Crippen LogP contribution >= 0.6 is 0 Å². The molecule has 112 valence electrons. The zero-order chi connectivity index (χ0) is 14.8. The topological polar surface area (TPSA) is 27.7 Å². The van der Waals surface area contributed by atoms with Gasteiger partial charge in [-0.05, 0) is 42.5 Å². The van der Waals surface area contributed by atoms with E-state index in [0.29, 0.717) is 25.0 Å². The van der Waals surface area contributed by atoms with Gasteiger partial charge < -0.3 is 14.2 Å². The molecule has 1 fully saturated rings. The van der Waals surface area contributed by atoms with Crippen molar-refractivity contribution in [3.8, 4) is 5.75 Å². The van der Waals surface area contributed by atoms with Crippen LogP contribution in [0.2, 0.25) is 0 Å². The molecule has 0 saturated carbocycles. The summed E-state index contributed by atoms with van der Waals surface area (Å²) in [5.74, 6) is 1.29. The molecule has 0 aliphatic carbocycles. The van der Waals surface area contributed by atoms with Gasteiger partial charge in [0.05, 0.1) is 19.8 Å². The highest BCUT2D eigenvalue weighted by Crippen LogP contribution is 2.36. The van der Waals surface area contributed by atoms with Crippen molar-refractivity contribution in [2.75, 3.05) is 19.8 Å². The van der Waals surface area contributed by atoms with Gasteiger partial charge in [0.1, 0.15) is 5.75 Å². The zero-order valence-corrected chi connectivity index (χ0v) is 13.2. The van der Waals surface area contributed by atoms with E-state index in [1.54, 1.807) is 0 Å². The lowest BCUT2D eigenvalue weighted by atomic mass is 9.96. The van der Waals surface area contributed by atoms with Crippen molar-refractivity contribution in [3.63, 3.8) is 0 Å². The molecule has 1 saturated heterocycles. The fourth-order valence-electron chi connectivity index (χ4n) is 2.35. The molecule has 1 heterocycles. The second kappa shape index (κ2) is 6.15. The van der Waals surface area contributed by atoms with Gasteiger partial charge in [0.2, 0.25) is 0 Å². The molecule has 1 aromatic rings. The Balaban J connectivity index is 2.27. The van der Waals surface area contributed by atoms with Crippen LogP contribution in [-0.2, 0) is 15.3 Å². The lowest BCUT2D eigenvalue weighted by Gasteiger charge is -2.25. The summed E-state index contributed by atoms with van der Waals surface area (Å²) in [5, 5.41) is 0. The Bertz CT molecular complexity index is 446. The monoisotopic (exact) mass is 278 g/mol. The number of ether oxygens (including phenoxy) is 3. The highest BCUT2D eigenvalue weighted by atomic mass is 16.7. The molecule has 3 nitrogen and oxygen atoms in total.